The number of allylic oxidation sites excluding steroid dienone is 1. The molecule has 2 aliphatic heterocycles. The molecule has 43 heavy (non-hydrogen) atoms. The second kappa shape index (κ2) is 12.6. The van der Waals surface area contributed by atoms with Crippen LogP contribution in [0.1, 0.15) is 75.9 Å². The van der Waals surface area contributed by atoms with Crippen LogP contribution in [0.25, 0.3) is 29.6 Å². The normalized spacial score (nSPS) is 18.3. The Morgan fingerprint density at radius 1 is 0.814 bits per heavy atom. The molecule has 1 unspecified atom stereocenters. The molecule has 0 radical (unpaired) electrons. The first kappa shape index (κ1) is 31.7. The summed E-state index contributed by atoms with van der Waals surface area (Å²) in [4.78, 5) is 37.9. The Balaban J connectivity index is 0.00000423. The van der Waals surface area contributed by atoms with Gasteiger partial charge in [-0.1, -0.05) is 95.0 Å². The SMILES string of the molecule is C=CC1=C(C)/C2=C/c3[n-]c(c(CCC(=O)O)c3C)/C=c3\[n-]/c(c(C)c3CCC(=O)O)=C\c3[n-]c(c(C)c3C=C)CC1[N-]2.[Fe+4]. The average molecular weight is 619 g/mol. The molecule has 5 heterocycles. The molecule has 1 atom stereocenters. The topological polar surface area (TPSA) is 131 Å². The van der Waals surface area contributed by atoms with Gasteiger partial charge in [-0.05, 0) is 46.1 Å². The third-order valence-electron chi connectivity index (χ3n) is 8.42. The summed E-state index contributed by atoms with van der Waals surface area (Å²) in [6.07, 6.45) is 10.5. The third-order valence-corrected chi connectivity index (χ3v) is 8.42. The van der Waals surface area contributed by atoms with Crippen molar-refractivity contribution in [3.8, 4) is 0 Å². The molecule has 9 heteroatoms. The Bertz CT molecular complexity index is 1830. The zero-order valence-electron chi connectivity index (χ0n) is 24.8. The summed E-state index contributed by atoms with van der Waals surface area (Å²) in [6, 6.07) is -0.151. The van der Waals surface area contributed by atoms with Crippen LogP contribution in [0.4, 0.5) is 0 Å². The van der Waals surface area contributed by atoms with E-state index in [4.69, 9.17) is 20.3 Å². The van der Waals surface area contributed by atoms with Crippen LogP contribution in [0.3, 0.4) is 0 Å². The second-order valence-electron chi connectivity index (χ2n) is 10.9. The number of carboxylic acid groups (broad SMARTS) is 2. The van der Waals surface area contributed by atoms with E-state index in [-0.39, 0.29) is 36.0 Å². The standard InChI is InChI=1S/C34H34N4O4.Fe/c1-7-21-17(3)25-13-26-19(5)23(9-11-33(39)40)31(37-26)16-32-24(10-12-34(41)42)20(6)28(38-32)15-30-22(8-2)18(4)27(36-30)14-29(21)35-25;/h7-8,13,15-16,29H,1-2,9-12,14H2,3-6H3,(H,39,40)(H,41,42);/q-4;+4/b25-13-,28-15-,32-16-;. The van der Waals surface area contributed by atoms with Gasteiger partial charge in [-0.2, -0.15) is 5.69 Å². The molecule has 2 N–H and O–H groups in total. The summed E-state index contributed by atoms with van der Waals surface area (Å²) in [7, 11) is 0. The fourth-order valence-corrected chi connectivity index (χ4v) is 5.97. The zero-order chi connectivity index (χ0) is 30.3. The first-order valence-electron chi connectivity index (χ1n) is 14.0. The number of hydrogen-bond donors (Lipinski definition) is 2. The van der Waals surface area contributed by atoms with Crippen molar-refractivity contribution < 1.29 is 36.9 Å². The monoisotopic (exact) mass is 618 g/mol. The number of hydrogen-bond acceptors (Lipinski definition) is 2. The van der Waals surface area contributed by atoms with Crippen molar-refractivity contribution >= 4 is 36.2 Å². The van der Waals surface area contributed by atoms with Gasteiger partial charge in [0.2, 0.25) is 0 Å². The van der Waals surface area contributed by atoms with E-state index in [9.17, 15) is 19.8 Å². The molecule has 3 aromatic heterocycles. The molecule has 0 fully saturated rings. The number of fused-ring (bicyclic) bond motifs is 8. The molecule has 5 rings (SSSR count). The summed E-state index contributed by atoms with van der Waals surface area (Å²) < 4.78 is 0. The van der Waals surface area contributed by atoms with Gasteiger partial charge >= 0.3 is 29.0 Å². The van der Waals surface area contributed by atoms with E-state index >= 15 is 0 Å². The van der Waals surface area contributed by atoms with Crippen molar-refractivity contribution in [3.63, 3.8) is 0 Å². The maximum absolute atomic E-state index is 11.5. The largest absolute Gasteiger partial charge is 4.00 e. The van der Waals surface area contributed by atoms with Crippen LogP contribution in [-0.2, 0) is 45.9 Å². The van der Waals surface area contributed by atoms with Gasteiger partial charge in [0.05, 0.1) is 0 Å². The summed E-state index contributed by atoms with van der Waals surface area (Å²) in [5, 5.41) is 25.3. The van der Waals surface area contributed by atoms with E-state index < -0.39 is 11.9 Å². The van der Waals surface area contributed by atoms with Crippen molar-refractivity contribution in [1.82, 2.24) is 15.0 Å². The fourth-order valence-electron chi connectivity index (χ4n) is 5.97. The van der Waals surface area contributed by atoms with Crippen molar-refractivity contribution in [2.75, 3.05) is 0 Å². The maximum atomic E-state index is 11.5. The summed E-state index contributed by atoms with van der Waals surface area (Å²) in [5.41, 5.74) is 11.3. The molecular weight excluding hydrogens is 584 g/mol. The molecule has 0 saturated heterocycles. The molecule has 8 nitrogen and oxygen atoms in total. The molecular formula is C34H34FeN4O4. The Morgan fingerprint density at radius 2 is 1.47 bits per heavy atom. The number of carbonyl (C=O) groups is 2. The van der Waals surface area contributed by atoms with Gasteiger partial charge < -0.3 is 30.5 Å². The molecule has 8 bridgehead atoms. The van der Waals surface area contributed by atoms with Gasteiger partial charge in [0.25, 0.3) is 0 Å². The van der Waals surface area contributed by atoms with Crippen LogP contribution in [-0.4, -0.2) is 28.2 Å². The van der Waals surface area contributed by atoms with Crippen LogP contribution in [0.2, 0.25) is 0 Å². The van der Waals surface area contributed by atoms with Crippen molar-refractivity contribution in [3.05, 3.63) is 108 Å². The molecule has 3 aromatic rings. The van der Waals surface area contributed by atoms with E-state index in [0.717, 1.165) is 67.3 Å². The Hall–Kier alpha value is -4.20. The summed E-state index contributed by atoms with van der Waals surface area (Å²) >= 11 is 0. The molecule has 0 amide bonds. The number of rotatable bonds is 8. The Kier molecular flexibility index (Phi) is 9.28. The predicted molar refractivity (Wildman–Crippen MR) is 164 cm³/mol. The van der Waals surface area contributed by atoms with Crippen LogP contribution < -0.4 is 25.7 Å². The zero-order valence-corrected chi connectivity index (χ0v) is 25.9. The second-order valence-corrected chi connectivity index (χ2v) is 10.9. The molecule has 0 spiro atoms. The van der Waals surface area contributed by atoms with Crippen molar-refractivity contribution in [2.24, 2.45) is 0 Å². The molecule has 2 aliphatic rings. The number of aromatic nitrogens is 3. The summed E-state index contributed by atoms with van der Waals surface area (Å²) in [6.45, 7) is 16.1. The Labute approximate surface area is 261 Å². The van der Waals surface area contributed by atoms with Crippen LogP contribution in [0.5, 0.6) is 0 Å². The number of aliphatic carboxylic acids is 2. The van der Waals surface area contributed by atoms with Gasteiger partial charge in [0.1, 0.15) is 0 Å². The fraction of sp³-hybridized carbons (Fsp3) is 0.294. The quantitative estimate of drug-likeness (QED) is 0.366. The molecule has 0 saturated carbocycles. The van der Waals surface area contributed by atoms with E-state index in [1.54, 1.807) is 0 Å². The van der Waals surface area contributed by atoms with E-state index in [0.29, 0.717) is 35.7 Å². The minimum atomic E-state index is -0.892. The van der Waals surface area contributed by atoms with Crippen LogP contribution in [0.15, 0.2) is 36.1 Å². The summed E-state index contributed by atoms with van der Waals surface area (Å²) in [5.74, 6) is -1.78. The van der Waals surface area contributed by atoms with Gasteiger partial charge in [-0.3, -0.25) is 9.59 Å². The first-order chi connectivity index (χ1) is 20.0. The minimum Gasteiger partial charge on any atom is -0.678 e. The van der Waals surface area contributed by atoms with Crippen molar-refractivity contribution in [1.29, 1.82) is 0 Å². The van der Waals surface area contributed by atoms with Gasteiger partial charge in [-0.25, -0.2) is 0 Å². The van der Waals surface area contributed by atoms with Crippen molar-refractivity contribution in [2.45, 2.75) is 65.8 Å². The maximum Gasteiger partial charge on any atom is 4.00 e. The van der Waals surface area contributed by atoms with Crippen LogP contribution >= 0.6 is 0 Å². The van der Waals surface area contributed by atoms with E-state index in [1.807, 2.05) is 58.1 Å². The van der Waals surface area contributed by atoms with E-state index in [2.05, 4.69) is 13.2 Å². The van der Waals surface area contributed by atoms with E-state index in [1.165, 1.54) is 0 Å². The number of nitrogens with zero attached hydrogens (tertiary/aromatic N) is 4. The van der Waals surface area contributed by atoms with Gasteiger partial charge in [0, 0.05) is 12.8 Å². The van der Waals surface area contributed by atoms with Crippen LogP contribution in [0, 0.1) is 20.8 Å². The average Bonchev–Trinajstić information content (AvgIpc) is 3.59. The predicted octanol–water partition coefficient (Wildman–Crippen LogP) is 3.97. The van der Waals surface area contributed by atoms with Gasteiger partial charge in [0.15, 0.2) is 0 Å². The molecule has 0 aromatic carbocycles. The Morgan fingerprint density at radius 3 is 2.09 bits per heavy atom. The smallest absolute Gasteiger partial charge is 0.678 e. The van der Waals surface area contributed by atoms with Gasteiger partial charge in [-0.15, -0.1) is 33.5 Å². The third kappa shape index (κ3) is 6.01. The first-order valence-corrected chi connectivity index (χ1v) is 14.0. The minimum absolute atomic E-state index is 0. The number of carboxylic acids is 2. The molecule has 0 aliphatic carbocycles. The molecule has 222 valence electrons.